The lowest BCUT2D eigenvalue weighted by atomic mass is 9.97. The zero-order valence-corrected chi connectivity index (χ0v) is 13.9. The molecule has 0 saturated heterocycles. The number of benzene rings is 1. The van der Waals surface area contributed by atoms with Gasteiger partial charge in [-0.15, -0.1) is 0 Å². The van der Waals surface area contributed by atoms with Crippen LogP contribution in [0.15, 0.2) is 27.8 Å². The molecule has 0 radical (unpaired) electrons. The molecule has 2 N–H and O–H groups in total. The van der Waals surface area contributed by atoms with E-state index in [2.05, 4.69) is 14.4 Å². The van der Waals surface area contributed by atoms with Gasteiger partial charge in [0, 0.05) is 6.07 Å². The SMILES string of the molecule is Cc1cc(C)c(S(=O)(=O)NCc2ccon2)c(C)c1CC(=O)O. The van der Waals surface area contributed by atoms with Crippen molar-refractivity contribution in [2.24, 2.45) is 0 Å². The molecule has 23 heavy (non-hydrogen) atoms. The van der Waals surface area contributed by atoms with Gasteiger partial charge in [-0.25, -0.2) is 13.1 Å². The monoisotopic (exact) mass is 338 g/mol. The molecule has 0 aliphatic rings. The Morgan fingerprint density at radius 3 is 2.57 bits per heavy atom. The summed E-state index contributed by atoms with van der Waals surface area (Å²) < 4.78 is 32.3. The Bertz CT molecular complexity index is 826. The third-order valence-corrected chi connectivity index (χ3v) is 5.28. The second-order valence-corrected chi connectivity index (χ2v) is 7.03. The number of rotatable bonds is 6. The molecule has 0 atom stereocenters. The highest BCUT2D eigenvalue weighted by Crippen LogP contribution is 2.27. The fourth-order valence-corrected chi connectivity index (χ4v) is 4.10. The number of nitrogens with one attached hydrogen (secondary N) is 1. The quantitative estimate of drug-likeness (QED) is 0.830. The van der Waals surface area contributed by atoms with Gasteiger partial charge in [-0.3, -0.25) is 4.79 Å². The van der Waals surface area contributed by atoms with Gasteiger partial charge in [0.15, 0.2) is 0 Å². The van der Waals surface area contributed by atoms with Crippen molar-refractivity contribution in [1.82, 2.24) is 9.88 Å². The van der Waals surface area contributed by atoms with Gasteiger partial charge in [0.2, 0.25) is 10.0 Å². The number of nitrogens with zero attached hydrogens (tertiary/aromatic N) is 1. The van der Waals surface area contributed by atoms with Crippen molar-refractivity contribution in [3.63, 3.8) is 0 Å². The molecule has 0 amide bonds. The number of carbonyl (C=O) groups is 1. The molecule has 124 valence electrons. The lowest BCUT2D eigenvalue weighted by molar-refractivity contribution is -0.136. The molecule has 8 heteroatoms. The van der Waals surface area contributed by atoms with Crippen LogP contribution in [0.25, 0.3) is 0 Å². The van der Waals surface area contributed by atoms with Crippen LogP contribution < -0.4 is 4.72 Å². The number of hydrogen-bond donors (Lipinski definition) is 2. The summed E-state index contributed by atoms with van der Waals surface area (Å²) in [5.41, 5.74) is 2.77. The van der Waals surface area contributed by atoms with E-state index in [1.54, 1.807) is 32.9 Å². The molecule has 0 spiro atoms. The van der Waals surface area contributed by atoms with Crippen molar-refractivity contribution in [2.45, 2.75) is 38.6 Å². The van der Waals surface area contributed by atoms with Gasteiger partial charge in [0.05, 0.1) is 23.6 Å². The fourth-order valence-electron chi connectivity index (χ4n) is 2.61. The van der Waals surface area contributed by atoms with Crippen molar-refractivity contribution in [3.8, 4) is 0 Å². The van der Waals surface area contributed by atoms with Gasteiger partial charge in [-0.05, 0) is 43.0 Å². The molecule has 0 aliphatic heterocycles. The van der Waals surface area contributed by atoms with Gasteiger partial charge >= 0.3 is 5.97 Å². The highest BCUT2D eigenvalue weighted by molar-refractivity contribution is 7.89. The average Bonchev–Trinajstić information content (AvgIpc) is 2.94. The van der Waals surface area contributed by atoms with Crippen LogP contribution in [0, 0.1) is 20.8 Å². The Morgan fingerprint density at radius 1 is 1.30 bits per heavy atom. The molecule has 1 aromatic heterocycles. The highest BCUT2D eigenvalue weighted by atomic mass is 32.2. The lowest BCUT2D eigenvalue weighted by Gasteiger charge is -2.17. The Morgan fingerprint density at radius 2 is 2.00 bits per heavy atom. The second kappa shape index (κ2) is 6.51. The maximum Gasteiger partial charge on any atom is 0.307 e. The van der Waals surface area contributed by atoms with E-state index in [-0.39, 0.29) is 17.9 Å². The molecule has 1 heterocycles. The van der Waals surface area contributed by atoms with E-state index in [1.165, 1.54) is 6.26 Å². The summed E-state index contributed by atoms with van der Waals surface area (Å²) in [5, 5.41) is 12.7. The Labute approximate surface area is 134 Å². The lowest BCUT2D eigenvalue weighted by Crippen LogP contribution is -2.25. The van der Waals surface area contributed by atoms with Crippen molar-refractivity contribution in [3.05, 3.63) is 46.3 Å². The molecule has 0 unspecified atom stereocenters. The number of aliphatic carboxylic acids is 1. The topological polar surface area (TPSA) is 110 Å². The van der Waals surface area contributed by atoms with Gasteiger partial charge in [0.25, 0.3) is 0 Å². The van der Waals surface area contributed by atoms with Crippen molar-refractivity contribution in [1.29, 1.82) is 0 Å². The van der Waals surface area contributed by atoms with Gasteiger partial charge < -0.3 is 9.63 Å². The number of aromatic nitrogens is 1. The first-order valence-corrected chi connectivity index (χ1v) is 8.41. The van der Waals surface area contributed by atoms with Gasteiger partial charge in [0.1, 0.15) is 6.26 Å². The molecule has 1 aromatic carbocycles. The zero-order valence-electron chi connectivity index (χ0n) is 13.1. The van der Waals surface area contributed by atoms with Gasteiger partial charge in [-0.2, -0.15) is 0 Å². The Hall–Kier alpha value is -2.19. The van der Waals surface area contributed by atoms with E-state index in [0.717, 1.165) is 5.56 Å². The predicted molar refractivity (Wildman–Crippen MR) is 82.5 cm³/mol. The molecule has 7 nitrogen and oxygen atoms in total. The Balaban J connectivity index is 2.42. The molecular weight excluding hydrogens is 320 g/mol. The minimum Gasteiger partial charge on any atom is -0.481 e. The summed E-state index contributed by atoms with van der Waals surface area (Å²) in [7, 11) is -3.80. The van der Waals surface area contributed by atoms with E-state index in [0.29, 0.717) is 22.4 Å². The zero-order chi connectivity index (χ0) is 17.2. The third kappa shape index (κ3) is 3.77. The molecule has 0 bridgehead atoms. The number of sulfonamides is 1. The molecular formula is C15H18N2O5S. The first kappa shape index (κ1) is 17.2. The van der Waals surface area contributed by atoms with E-state index in [9.17, 15) is 13.2 Å². The van der Waals surface area contributed by atoms with E-state index in [1.807, 2.05) is 0 Å². The van der Waals surface area contributed by atoms with Crippen LogP contribution in [-0.2, 0) is 27.8 Å². The highest BCUT2D eigenvalue weighted by Gasteiger charge is 2.23. The normalized spacial score (nSPS) is 11.6. The molecule has 2 aromatic rings. The second-order valence-electron chi connectivity index (χ2n) is 5.33. The fraction of sp³-hybridized carbons (Fsp3) is 0.333. The van der Waals surface area contributed by atoms with Crippen molar-refractivity contribution < 1.29 is 22.8 Å². The van der Waals surface area contributed by atoms with Gasteiger partial charge in [-0.1, -0.05) is 11.2 Å². The summed E-state index contributed by atoms with van der Waals surface area (Å²) in [6.45, 7) is 5.09. The van der Waals surface area contributed by atoms with E-state index < -0.39 is 16.0 Å². The third-order valence-electron chi connectivity index (χ3n) is 3.59. The summed E-state index contributed by atoms with van der Waals surface area (Å²) in [5.74, 6) is -1.00. The Kier molecular flexibility index (Phi) is 4.86. The number of carboxylic acid groups (broad SMARTS) is 1. The first-order chi connectivity index (χ1) is 10.7. The minimum atomic E-state index is -3.80. The van der Waals surface area contributed by atoms with Crippen LogP contribution in [0.2, 0.25) is 0 Å². The largest absolute Gasteiger partial charge is 0.481 e. The number of hydrogen-bond acceptors (Lipinski definition) is 5. The van der Waals surface area contributed by atoms with Crippen LogP contribution in [0.4, 0.5) is 0 Å². The summed E-state index contributed by atoms with van der Waals surface area (Å²) in [6, 6.07) is 3.25. The standard InChI is InChI=1S/C15H18N2O5S/c1-9-6-10(2)15(11(3)13(9)7-14(18)19)23(20,21)16-8-12-4-5-22-17-12/h4-6,16H,7-8H2,1-3H3,(H,18,19). The van der Waals surface area contributed by atoms with Crippen LogP contribution >= 0.6 is 0 Å². The van der Waals surface area contributed by atoms with Crippen LogP contribution in [0.5, 0.6) is 0 Å². The maximum atomic E-state index is 12.6. The summed E-state index contributed by atoms with van der Waals surface area (Å²) in [6.07, 6.45) is 1.14. The van der Waals surface area contributed by atoms with Crippen molar-refractivity contribution >= 4 is 16.0 Å². The van der Waals surface area contributed by atoms with Crippen LogP contribution in [-0.4, -0.2) is 24.7 Å². The predicted octanol–water partition coefficient (Wildman–Crippen LogP) is 1.71. The maximum absolute atomic E-state index is 12.6. The number of carboxylic acids is 1. The first-order valence-electron chi connectivity index (χ1n) is 6.92. The summed E-state index contributed by atoms with van der Waals surface area (Å²) in [4.78, 5) is 11.1. The molecule has 0 fully saturated rings. The van der Waals surface area contributed by atoms with Crippen molar-refractivity contribution in [2.75, 3.05) is 0 Å². The molecule has 0 aliphatic carbocycles. The average molecular weight is 338 g/mol. The number of aryl methyl sites for hydroxylation is 2. The molecule has 0 saturated carbocycles. The summed E-state index contributed by atoms with van der Waals surface area (Å²) >= 11 is 0. The van der Waals surface area contributed by atoms with Crippen LogP contribution in [0.3, 0.4) is 0 Å². The van der Waals surface area contributed by atoms with E-state index in [4.69, 9.17) is 5.11 Å². The molecule has 2 rings (SSSR count). The van der Waals surface area contributed by atoms with Crippen LogP contribution in [0.1, 0.15) is 27.9 Å². The minimum absolute atomic E-state index is 0.000145. The van der Waals surface area contributed by atoms with E-state index >= 15 is 0 Å². The smallest absolute Gasteiger partial charge is 0.307 e.